The van der Waals surface area contributed by atoms with Crippen LogP contribution in [0.1, 0.15) is 47.1 Å². The van der Waals surface area contributed by atoms with E-state index in [1.807, 2.05) is 25.2 Å². The van der Waals surface area contributed by atoms with Crippen LogP contribution in [-0.2, 0) is 29.2 Å². The number of hydrogen-bond donors (Lipinski definition) is 1. The maximum absolute atomic E-state index is 14.6. The summed E-state index contributed by atoms with van der Waals surface area (Å²) in [5.74, 6) is -1.39. The van der Waals surface area contributed by atoms with Crippen LogP contribution in [-0.4, -0.2) is 45.0 Å². The van der Waals surface area contributed by atoms with E-state index in [0.717, 1.165) is 0 Å². The van der Waals surface area contributed by atoms with Gasteiger partial charge >= 0.3 is 0 Å². The van der Waals surface area contributed by atoms with E-state index in [1.165, 1.54) is 35.0 Å². The summed E-state index contributed by atoms with van der Waals surface area (Å²) in [5.41, 5.74) is 2.79. The van der Waals surface area contributed by atoms with Gasteiger partial charge in [-0.3, -0.25) is 24.4 Å². The number of fused-ring (bicyclic) bond motifs is 1. The van der Waals surface area contributed by atoms with E-state index < -0.39 is 11.7 Å². The minimum absolute atomic E-state index is 0.0826. The van der Waals surface area contributed by atoms with Crippen molar-refractivity contribution in [1.82, 2.24) is 25.1 Å². The number of nitrogens with zero attached hydrogens (tertiary/aromatic N) is 4. The van der Waals surface area contributed by atoms with Gasteiger partial charge < -0.3 is 15.1 Å². The highest BCUT2D eigenvalue weighted by Crippen LogP contribution is 2.25. The molecular weight excluding hydrogens is 473 g/mol. The molecule has 1 N–H and O–H groups in total. The third-order valence-electron chi connectivity index (χ3n) is 5.81. The molecule has 1 aliphatic heterocycles. The van der Waals surface area contributed by atoms with Crippen molar-refractivity contribution in [3.05, 3.63) is 107 Å². The number of likely N-dealkylation sites (N-methyl/N-ethyl adjacent to an activating group) is 1. The van der Waals surface area contributed by atoms with Gasteiger partial charge in [0.15, 0.2) is 0 Å². The van der Waals surface area contributed by atoms with Gasteiger partial charge in [0.2, 0.25) is 6.41 Å². The lowest BCUT2D eigenvalue weighted by molar-refractivity contribution is -0.118. The molecule has 1 aromatic heterocycles. The molecule has 2 aliphatic rings. The smallest absolute Gasteiger partial charge is 0.257 e. The van der Waals surface area contributed by atoms with E-state index >= 15 is 0 Å². The lowest BCUT2D eigenvalue weighted by Crippen LogP contribution is -2.30. The van der Waals surface area contributed by atoms with Crippen LogP contribution >= 0.6 is 0 Å². The summed E-state index contributed by atoms with van der Waals surface area (Å²) < 4.78 is 14.6. The lowest BCUT2D eigenvalue weighted by Gasteiger charge is -2.25. The van der Waals surface area contributed by atoms with Crippen molar-refractivity contribution in [3.63, 3.8) is 0 Å². The van der Waals surface area contributed by atoms with Crippen molar-refractivity contribution >= 4 is 18.2 Å². The van der Waals surface area contributed by atoms with Gasteiger partial charge in [-0.05, 0) is 37.5 Å². The quantitative estimate of drug-likeness (QED) is 0.458. The predicted octanol–water partition coefficient (Wildman–Crippen LogP) is 3.83. The molecule has 3 amide bonds. The molecule has 0 bridgehead atoms. The van der Waals surface area contributed by atoms with Crippen molar-refractivity contribution in [2.45, 2.75) is 39.4 Å². The summed E-state index contributed by atoms with van der Waals surface area (Å²) in [7, 11) is 1.53. The number of carbonyl (C=O) groups is 3. The zero-order chi connectivity index (χ0) is 26.8. The minimum atomic E-state index is -0.642. The molecule has 9 heteroatoms. The SMILES string of the molecule is C=C/C=C\C.CNC(=O)C1=CCCC=C1N(C=O)Cc1ccc(F)c(C(=O)N2Cc3nccnc3C2)c1. The molecule has 1 aliphatic carbocycles. The number of amides is 3. The molecule has 0 atom stereocenters. The molecule has 0 saturated heterocycles. The minimum Gasteiger partial charge on any atom is -0.355 e. The van der Waals surface area contributed by atoms with Crippen LogP contribution in [0, 0.1) is 5.82 Å². The molecule has 0 saturated carbocycles. The van der Waals surface area contributed by atoms with Gasteiger partial charge in [-0.2, -0.15) is 0 Å². The van der Waals surface area contributed by atoms with Gasteiger partial charge in [0, 0.05) is 19.4 Å². The first-order valence-electron chi connectivity index (χ1n) is 11.9. The first-order valence-corrected chi connectivity index (χ1v) is 11.9. The van der Waals surface area contributed by atoms with Gasteiger partial charge in [-0.1, -0.05) is 43.0 Å². The van der Waals surface area contributed by atoms with Crippen LogP contribution in [0.15, 0.2) is 78.8 Å². The fourth-order valence-corrected chi connectivity index (χ4v) is 4.02. The lowest BCUT2D eigenvalue weighted by atomic mass is 10.0. The van der Waals surface area contributed by atoms with Crippen LogP contribution in [0.2, 0.25) is 0 Å². The summed E-state index contributed by atoms with van der Waals surface area (Å²) in [4.78, 5) is 48.4. The molecule has 4 rings (SSSR count). The standard InChI is InChI=1S/C23H22FN5O3.C5H8/c1-25-22(31)16-4-2-3-5-21(16)29(14-30)11-15-6-7-18(24)17(10-15)23(32)28-12-19-20(13-28)27-9-8-26-19;1-3-5-4-2/h4-10,14H,2-3,11-13H2,1H3,(H,25,31);3-5H,1H2,2H3/b;5-4-. The molecular formula is C28H30FN5O3. The van der Waals surface area contributed by atoms with Gasteiger partial charge in [0.25, 0.3) is 11.8 Å². The molecule has 0 fully saturated rings. The number of allylic oxidation sites excluding steroid dienone is 5. The van der Waals surface area contributed by atoms with Crippen molar-refractivity contribution in [3.8, 4) is 0 Å². The maximum atomic E-state index is 14.6. The third-order valence-corrected chi connectivity index (χ3v) is 5.81. The summed E-state index contributed by atoms with van der Waals surface area (Å²) in [6.07, 6.45) is 14.3. The number of aromatic nitrogens is 2. The normalized spacial score (nSPS) is 14.1. The average molecular weight is 504 g/mol. The topological polar surface area (TPSA) is 95.5 Å². The van der Waals surface area contributed by atoms with E-state index in [2.05, 4.69) is 21.9 Å². The molecule has 0 unspecified atom stereocenters. The Bertz CT molecular complexity index is 1240. The van der Waals surface area contributed by atoms with Gasteiger partial charge in [-0.25, -0.2) is 4.39 Å². The summed E-state index contributed by atoms with van der Waals surface area (Å²) in [5, 5.41) is 2.58. The zero-order valence-corrected chi connectivity index (χ0v) is 21.0. The summed E-state index contributed by atoms with van der Waals surface area (Å²) in [6, 6.07) is 4.19. The van der Waals surface area contributed by atoms with Crippen LogP contribution in [0.4, 0.5) is 4.39 Å². The van der Waals surface area contributed by atoms with Gasteiger partial charge in [-0.15, -0.1) is 0 Å². The molecule has 37 heavy (non-hydrogen) atoms. The Kier molecular flexibility index (Phi) is 9.60. The highest BCUT2D eigenvalue weighted by Gasteiger charge is 2.28. The van der Waals surface area contributed by atoms with Crippen LogP contribution < -0.4 is 5.32 Å². The monoisotopic (exact) mass is 503 g/mol. The average Bonchev–Trinajstić information content (AvgIpc) is 3.37. The largest absolute Gasteiger partial charge is 0.355 e. The fraction of sp³-hybridized carbons (Fsp3) is 0.250. The zero-order valence-electron chi connectivity index (χ0n) is 21.0. The second kappa shape index (κ2) is 13.1. The van der Waals surface area contributed by atoms with E-state index in [-0.39, 0.29) is 31.1 Å². The second-order valence-corrected chi connectivity index (χ2v) is 8.28. The number of halogens is 1. The molecule has 2 aromatic rings. The van der Waals surface area contributed by atoms with E-state index in [1.54, 1.807) is 24.5 Å². The number of benzene rings is 1. The van der Waals surface area contributed by atoms with Gasteiger partial charge in [0.05, 0.1) is 47.9 Å². The Morgan fingerprint density at radius 3 is 2.41 bits per heavy atom. The van der Waals surface area contributed by atoms with Crippen molar-refractivity contribution < 1.29 is 18.8 Å². The van der Waals surface area contributed by atoms with E-state index in [4.69, 9.17) is 0 Å². The molecule has 0 radical (unpaired) electrons. The first kappa shape index (κ1) is 27.2. The van der Waals surface area contributed by atoms with Crippen molar-refractivity contribution in [1.29, 1.82) is 0 Å². The number of carbonyl (C=O) groups excluding carboxylic acids is 3. The van der Waals surface area contributed by atoms with Crippen LogP contribution in [0.5, 0.6) is 0 Å². The second-order valence-electron chi connectivity index (χ2n) is 8.28. The van der Waals surface area contributed by atoms with Crippen molar-refractivity contribution in [2.75, 3.05) is 7.05 Å². The van der Waals surface area contributed by atoms with E-state index in [9.17, 15) is 18.8 Å². The molecule has 2 heterocycles. The summed E-state index contributed by atoms with van der Waals surface area (Å²) in [6.45, 7) is 6.04. The fourth-order valence-electron chi connectivity index (χ4n) is 4.02. The molecule has 192 valence electrons. The van der Waals surface area contributed by atoms with Crippen LogP contribution in [0.25, 0.3) is 0 Å². The maximum Gasteiger partial charge on any atom is 0.257 e. The summed E-state index contributed by atoms with van der Waals surface area (Å²) >= 11 is 0. The Labute approximate surface area is 215 Å². The van der Waals surface area contributed by atoms with Gasteiger partial charge in [0.1, 0.15) is 5.82 Å². The van der Waals surface area contributed by atoms with Crippen molar-refractivity contribution in [2.24, 2.45) is 0 Å². The molecule has 1 aromatic carbocycles. The number of hydrogen-bond acceptors (Lipinski definition) is 5. The number of rotatable bonds is 7. The Morgan fingerprint density at radius 2 is 1.84 bits per heavy atom. The van der Waals surface area contributed by atoms with Crippen LogP contribution in [0.3, 0.4) is 0 Å². The Balaban J connectivity index is 0.000000695. The highest BCUT2D eigenvalue weighted by atomic mass is 19.1. The molecule has 8 nitrogen and oxygen atoms in total. The first-order chi connectivity index (χ1) is 17.9. The molecule has 0 spiro atoms. The predicted molar refractivity (Wildman–Crippen MR) is 138 cm³/mol. The third kappa shape index (κ3) is 6.63. The Hall–Kier alpha value is -4.40. The number of nitrogens with one attached hydrogen (secondary N) is 1. The Morgan fingerprint density at radius 1 is 1.16 bits per heavy atom. The highest BCUT2D eigenvalue weighted by molar-refractivity contribution is 5.98. The van der Waals surface area contributed by atoms with E-state index in [0.29, 0.717) is 47.5 Å².